The first-order valence-electron chi connectivity index (χ1n) is 19.2. The van der Waals surface area contributed by atoms with Crippen molar-refractivity contribution in [3.8, 4) is 28.7 Å². The molecule has 0 spiro atoms. The van der Waals surface area contributed by atoms with Crippen molar-refractivity contribution in [2.45, 2.75) is 6.17 Å². The van der Waals surface area contributed by atoms with Gasteiger partial charge < -0.3 is 9.30 Å². The van der Waals surface area contributed by atoms with E-state index in [4.69, 9.17) is 14.7 Å². The number of hydrogen-bond acceptors (Lipinski definition) is 3. The van der Waals surface area contributed by atoms with Crippen molar-refractivity contribution in [2.24, 2.45) is 7.05 Å². The largest absolute Gasteiger partial charge is 0.458 e. The second kappa shape index (κ2) is 13.0. The highest BCUT2D eigenvalue weighted by Crippen LogP contribution is 2.40. The van der Waals surface area contributed by atoms with Crippen LogP contribution in [0, 0.1) is 0 Å². The molecular weight excluding hydrogens is 720 g/mol. The molecular formula is C50H35FN4OSi. The van der Waals surface area contributed by atoms with Gasteiger partial charge in [-0.3, -0.25) is 4.57 Å². The van der Waals surface area contributed by atoms with E-state index >= 15 is 4.39 Å². The molecule has 3 aromatic heterocycles. The quantitative estimate of drug-likeness (QED) is 0.159. The fourth-order valence-electron chi connectivity index (χ4n) is 9.15. The van der Waals surface area contributed by atoms with Crippen LogP contribution in [0.1, 0.15) is 17.3 Å². The molecule has 7 heteroatoms. The van der Waals surface area contributed by atoms with Crippen LogP contribution in [0.2, 0.25) is 0 Å². The SMILES string of the molecule is Cn1c(-c2cccc(C(F)c3ccc4c5c6c(ccc5n(-c5ccccn5)c4c3)Oc3ccccc3[Si]6(c3ccccc3)c3ccccc3)c2)nc2ccccc21. The Morgan fingerprint density at radius 2 is 1.32 bits per heavy atom. The monoisotopic (exact) mass is 754 g/mol. The molecule has 4 heterocycles. The molecule has 1 unspecified atom stereocenters. The Bertz CT molecular complexity index is 3100. The maximum absolute atomic E-state index is 17.1. The van der Waals surface area contributed by atoms with E-state index in [0.717, 1.165) is 61.5 Å². The van der Waals surface area contributed by atoms with Gasteiger partial charge in [0.25, 0.3) is 0 Å². The summed E-state index contributed by atoms with van der Waals surface area (Å²) in [6.45, 7) is 0. The molecule has 0 bridgehead atoms. The lowest BCUT2D eigenvalue weighted by molar-refractivity contribution is 0.402. The van der Waals surface area contributed by atoms with Crippen molar-refractivity contribution in [3.63, 3.8) is 0 Å². The smallest absolute Gasteiger partial charge is 0.189 e. The number of ether oxygens (including phenoxy) is 1. The van der Waals surface area contributed by atoms with Crippen molar-refractivity contribution < 1.29 is 9.13 Å². The van der Waals surface area contributed by atoms with Crippen molar-refractivity contribution >= 4 is 61.7 Å². The second-order valence-corrected chi connectivity index (χ2v) is 18.4. The minimum absolute atomic E-state index is 0.565. The normalized spacial score (nSPS) is 13.6. The Labute approximate surface area is 329 Å². The van der Waals surface area contributed by atoms with Crippen molar-refractivity contribution in [3.05, 3.63) is 199 Å². The van der Waals surface area contributed by atoms with Crippen LogP contribution in [-0.2, 0) is 7.05 Å². The minimum Gasteiger partial charge on any atom is -0.458 e. The molecule has 1 aliphatic heterocycles. The van der Waals surface area contributed by atoms with Crippen LogP contribution >= 0.6 is 0 Å². The van der Waals surface area contributed by atoms with Crippen LogP contribution in [0.25, 0.3) is 50.0 Å². The average molecular weight is 755 g/mol. The molecule has 1 atom stereocenters. The number of aromatic nitrogens is 4. The number of pyridine rings is 1. The van der Waals surface area contributed by atoms with Gasteiger partial charge in [0.1, 0.15) is 23.1 Å². The van der Waals surface area contributed by atoms with E-state index < -0.39 is 14.2 Å². The molecule has 0 saturated carbocycles. The van der Waals surface area contributed by atoms with Crippen molar-refractivity contribution in [2.75, 3.05) is 0 Å². The lowest BCUT2D eigenvalue weighted by Gasteiger charge is -2.40. The zero-order chi connectivity index (χ0) is 38.1. The zero-order valence-electron chi connectivity index (χ0n) is 31.1. The number of benzene rings is 7. The number of rotatable bonds is 6. The Kier molecular flexibility index (Phi) is 7.59. The van der Waals surface area contributed by atoms with E-state index in [1.54, 1.807) is 0 Å². The molecule has 0 radical (unpaired) electrons. The van der Waals surface area contributed by atoms with Gasteiger partial charge in [-0.1, -0.05) is 127 Å². The molecule has 0 N–H and O–H groups in total. The Morgan fingerprint density at radius 1 is 0.596 bits per heavy atom. The van der Waals surface area contributed by atoms with Gasteiger partial charge in [0, 0.05) is 34.8 Å². The molecule has 0 saturated heterocycles. The van der Waals surface area contributed by atoms with Gasteiger partial charge in [-0.15, -0.1) is 0 Å². The molecule has 7 aromatic carbocycles. The zero-order valence-corrected chi connectivity index (χ0v) is 32.1. The summed E-state index contributed by atoms with van der Waals surface area (Å²) >= 11 is 0. The summed E-state index contributed by atoms with van der Waals surface area (Å²) < 4.78 is 28.3. The number of aryl methyl sites for hydroxylation is 1. The number of fused-ring (bicyclic) bond motifs is 7. The molecule has 10 aromatic rings. The Balaban J connectivity index is 1.17. The van der Waals surface area contributed by atoms with Gasteiger partial charge in [-0.2, -0.15) is 0 Å². The summed E-state index contributed by atoms with van der Waals surface area (Å²) in [6, 6.07) is 62.3. The van der Waals surface area contributed by atoms with Crippen LogP contribution in [0.4, 0.5) is 4.39 Å². The third kappa shape index (κ3) is 4.99. The topological polar surface area (TPSA) is 44.9 Å². The number of alkyl halides is 1. The first-order chi connectivity index (χ1) is 28.1. The average Bonchev–Trinajstić information content (AvgIpc) is 3.80. The highest BCUT2D eigenvalue weighted by Gasteiger charge is 2.49. The maximum Gasteiger partial charge on any atom is 0.189 e. The summed E-state index contributed by atoms with van der Waals surface area (Å²) in [5, 5.41) is 7.01. The Morgan fingerprint density at radius 3 is 2.09 bits per heavy atom. The fourth-order valence-corrected chi connectivity index (χ4v) is 14.3. The van der Waals surface area contributed by atoms with Gasteiger partial charge in [0.2, 0.25) is 0 Å². The minimum atomic E-state index is -3.03. The number of hydrogen-bond donors (Lipinski definition) is 0. The van der Waals surface area contributed by atoms with Gasteiger partial charge in [0.15, 0.2) is 14.2 Å². The highest BCUT2D eigenvalue weighted by molar-refractivity contribution is 7.21. The molecule has 11 rings (SSSR count). The van der Waals surface area contributed by atoms with Crippen LogP contribution in [0.3, 0.4) is 0 Å². The lowest BCUT2D eigenvalue weighted by atomic mass is 9.99. The summed E-state index contributed by atoms with van der Waals surface area (Å²) in [6.07, 6.45) is 0.428. The lowest BCUT2D eigenvalue weighted by Crippen LogP contribution is -2.76. The first-order valence-corrected chi connectivity index (χ1v) is 21.2. The van der Waals surface area contributed by atoms with Gasteiger partial charge >= 0.3 is 0 Å². The highest BCUT2D eigenvalue weighted by atomic mass is 28.3. The van der Waals surface area contributed by atoms with E-state index in [1.807, 2.05) is 92.1 Å². The van der Waals surface area contributed by atoms with Crippen LogP contribution in [0.15, 0.2) is 188 Å². The number of nitrogens with zero attached hydrogens (tertiary/aromatic N) is 4. The van der Waals surface area contributed by atoms with E-state index in [1.165, 1.54) is 20.7 Å². The van der Waals surface area contributed by atoms with Crippen LogP contribution < -0.4 is 25.5 Å². The summed E-state index contributed by atoms with van der Waals surface area (Å²) in [5.41, 5.74) is 5.82. The van der Waals surface area contributed by atoms with Crippen molar-refractivity contribution in [1.82, 2.24) is 19.1 Å². The van der Waals surface area contributed by atoms with Crippen LogP contribution in [-0.4, -0.2) is 27.2 Å². The maximum atomic E-state index is 17.1. The van der Waals surface area contributed by atoms with Gasteiger partial charge in [-0.25, -0.2) is 14.4 Å². The van der Waals surface area contributed by atoms with E-state index in [0.29, 0.717) is 11.1 Å². The van der Waals surface area contributed by atoms with E-state index in [-0.39, 0.29) is 0 Å². The summed E-state index contributed by atoms with van der Waals surface area (Å²) in [4.78, 5) is 9.76. The molecule has 0 fully saturated rings. The third-order valence-electron chi connectivity index (χ3n) is 11.6. The predicted octanol–water partition coefficient (Wildman–Crippen LogP) is 9.27. The molecule has 0 aliphatic carbocycles. The molecule has 57 heavy (non-hydrogen) atoms. The first kappa shape index (κ1) is 33.3. The number of halogens is 1. The van der Waals surface area contributed by atoms with E-state index in [9.17, 15) is 0 Å². The Hall–Kier alpha value is -7.09. The fraction of sp³-hybridized carbons (Fsp3) is 0.0400. The second-order valence-electron chi connectivity index (χ2n) is 14.7. The summed E-state index contributed by atoms with van der Waals surface area (Å²) in [7, 11) is -1.03. The molecule has 272 valence electrons. The summed E-state index contributed by atoms with van der Waals surface area (Å²) in [5.74, 6) is 3.28. The van der Waals surface area contributed by atoms with Crippen LogP contribution in [0.5, 0.6) is 11.5 Å². The predicted molar refractivity (Wildman–Crippen MR) is 231 cm³/mol. The van der Waals surface area contributed by atoms with Gasteiger partial charge in [0.05, 0.1) is 22.1 Å². The van der Waals surface area contributed by atoms with Crippen molar-refractivity contribution in [1.29, 1.82) is 0 Å². The van der Waals surface area contributed by atoms with E-state index in [2.05, 4.69) is 112 Å². The standard InChI is InChI=1S/C50H35FN4OSi/c1-54-40-22-9-8-21-39(40)53-50(54)35-16-14-15-33(31-35)48(51)34-26-27-38-42(32-34)55(46-25-12-13-30-52-46)41-28-29-44-49(47(38)41)57(36-17-4-2-5-18-36,37-19-6-3-7-20-37)45-24-11-10-23-43(45)56-44/h2-32,48H,1H3. The molecule has 0 amide bonds. The number of para-hydroxylation sites is 3. The number of imidazole rings is 1. The third-order valence-corrected chi connectivity index (χ3v) is 16.5. The molecule has 1 aliphatic rings. The molecule has 5 nitrogen and oxygen atoms in total. The van der Waals surface area contributed by atoms with Gasteiger partial charge in [-0.05, 0) is 81.3 Å².